The van der Waals surface area contributed by atoms with Crippen molar-refractivity contribution in [3.63, 3.8) is 0 Å². The van der Waals surface area contributed by atoms with E-state index in [0.717, 1.165) is 17.7 Å². The number of amides is 2. The van der Waals surface area contributed by atoms with Gasteiger partial charge in [0.25, 0.3) is 17.5 Å². The summed E-state index contributed by atoms with van der Waals surface area (Å²) >= 11 is 0. The number of hydrogen-bond donors (Lipinski definition) is 0. The molecular weight excluding hydrogens is 398 g/mol. The van der Waals surface area contributed by atoms with Gasteiger partial charge in [0.15, 0.2) is 0 Å². The van der Waals surface area contributed by atoms with Gasteiger partial charge in [0, 0.05) is 18.2 Å². The fourth-order valence-corrected chi connectivity index (χ4v) is 3.41. The lowest BCUT2D eigenvalue weighted by Gasteiger charge is -2.27. The van der Waals surface area contributed by atoms with Crippen LogP contribution >= 0.6 is 0 Å². The fourth-order valence-electron chi connectivity index (χ4n) is 3.41. The van der Waals surface area contributed by atoms with Crippen LogP contribution in [0.4, 0.5) is 5.69 Å². The molecule has 2 aromatic rings. The Labute approximate surface area is 179 Å². The van der Waals surface area contributed by atoms with Gasteiger partial charge in [-0.3, -0.25) is 24.6 Å². The average Bonchev–Trinajstić information content (AvgIpc) is 3.22. The van der Waals surface area contributed by atoms with E-state index in [9.17, 15) is 25.0 Å². The molecule has 0 bridgehead atoms. The zero-order valence-corrected chi connectivity index (χ0v) is 17.3. The summed E-state index contributed by atoms with van der Waals surface area (Å²) in [7, 11) is 0. The summed E-state index contributed by atoms with van der Waals surface area (Å²) in [6.07, 6.45) is 3.91. The Morgan fingerprint density at radius 3 is 2.58 bits per heavy atom. The minimum atomic E-state index is -0.585. The van der Waals surface area contributed by atoms with Crippen molar-refractivity contribution < 1.29 is 18.9 Å². The predicted molar refractivity (Wildman–Crippen MR) is 113 cm³/mol. The van der Waals surface area contributed by atoms with Gasteiger partial charge >= 0.3 is 0 Å². The van der Waals surface area contributed by atoms with Crippen LogP contribution in [0.3, 0.4) is 0 Å². The maximum atomic E-state index is 13.0. The monoisotopic (exact) mass is 419 g/mol. The van der Waals surface area contributed by atoms with Gasteiger partial charge < -0.3 is 4.42 Å². The van der Waals surface area contributed by atoms with E-state index in [1.54, 1.807) is 37.3 Å². The van der Waals surface area contributed by atoms with E-state index in [0.29, 0.717) is 12.0 Å². The number of imide groups is 1. The second kappa shape index (κ2) is 9.22. The van der Waals surface area contributed by atoms with Crippen molar-refractivity contribution in [1.82, 2.24) is 4.90 Å². The van der Waals surface area contributed by atoms with E-state index in [1.807, 2.05) is 13.0 Å². The first-order valence-corrected chi connectivity index (χ1v) is 9.91. The van der Waals surface area contributed by atoms with Crippen molar-refractivity contribution in [3.8, 4) is 17.4 Å². The van der Waals surface area contributed by atoms with Crippen molar-refractivity contribution >= 4 is 23.6 Å². The summed E-state index contributed by atoms with van der Waals surface area (Å²) in [5, 5.41) is 20.7. The molecule has 8 heteroatoms. The van der Waals surface area contributed by atoms with Crippen LogP contribution in [0.15, 0.2) is 57.5 Å². The van der Waals surface area contributed by atoms with Crippen LogP contribution in [0.2, 0.25) is 0 Å². The molecule has 1 aliphatic heterocycles. The van der Waals surface area contributed by atoms with Gasteiger partial charge in [-0.25, -0.2) is 0 Å². The Morgan fingerprint density at radius 2 is 1.90 bits per heavy atom. The fraction of sp³-hybridized carbons (Fsp3) is 0.261. The maximum absolute atomic E-state index is 13.0. The Kier molecular flexibility index (Phi) is 6.46. The second-order valence-corrected chi connectivity index (χ2v) is 7.12. The van der Waals surface area contributed by atoms with Crippen molar-refractivity contribution in [2.75, 3.05) is 6.54 Å². The van der Waals surface area contributed by atoms with E-state index in [4.69, 9.17) is 4.42 Å². The average molecular weight is 419 g/mol. The normalized spacial score (nSPS) is 15.5. The molecule has 0 spiro atoms. The summed E-state index contributed by atoms with van der Waals surface area (Å²) in [5.41, 5.74) is 0.616. The van der Waals surface area contributed by atoms with E-state index in [-0.39, 0.29) is 40.5 Å². The number of nitro benzene ring substituents is 1. The highest BCUT2D eigenvalue weighted by atomic mass is 16.6. The number of rotatable bonds is 7. The van der Waals surface area contributed by atoms with Crippen molar-refractivity contribution in [2.24, 2.45) is 0 Å². The smallest absolute Gasteiger partial charge is 0.280 e. The number of nitriles is 1. The molecule has 0 saturated carbocycles. The zero-order valence-electron chi connectivity index (χ0n) is 17.3. The Hall–Kier alpha value is -3.99. The standard InChI is InChI=1S/C23H21N3O5/c1-3-4-7-12-25-22(27)18(15(2)19(14-24)23(25)28)13-16-10-11-21(31-16)17-8-5-6-9-20(17)26(29)30/h5-6,8-11,13H,3-4,7,12H2,1-2H3/b18-13+. The van der Waals surface area contributed by atoms with Crippen LogP contribution in [0.5, 0.6) is 0 Å². The van der Waals surface area contributed by atoms with E-state index in [1.165, 1.54) is 12.1 Å². The molecule has 2 amide bonds. The highest BCUT2D eigenvalue weighted by Gasteiger charge is 2.35. The molecule has 0 radical (unpaired) electrons. The number of nitrogens with zero attached hydrogens (tertiary/aromatic N) is 3. The summed E-state index contributed by atoms with van der Waals surface area (Å²) in [6.45, 7) is 3.80. The maximum Gasteiger partial charge on any atom is 0.280 e. The van der Waals surface area contributed by atoms with Crippen LogP contribution in [0.25, 0.3) is 17.4 Å². The third kappa shape index (κ3) is 4.31. The molecule has 0 unspecified atom stereocenters. The molecule has 0 N–H and O–H groups in total. The molecule has 0 atom stereocenters. The van der Waals surface area contributed by atoms with Gasteiger partial charge in [0.2, 0.25) is 0 Å². The predicted octanol–water partition coefficient (Wildman–Crippen LogP) is 4.64. The van der Waals surface area contributed by atoms with Gasteiger partial charge in [0.1, 0.15) is 23.2 Å². The molecule has 1 aliphatic rings. The lowest BCUT2D eigenvalue weighted by Crippen LogP contribution is -2.43. The molecule has 3 rings (SSSR count). The van der Waals surface area contributed by atoms with Crippen molar-refractivity contribution in [1.29, 1.82) is 5.26 Å². The molecule has 2 heterocycles. The molecule has 0 aliphatic carbocycles. The van der Waals surface area contributed by atoms with Gasteiger partial charge in [-0.1, -0.05) is 31.9 Å². The highest BCUT2D eigenvalue weighted by molar-refractivity contribution is 6.19. The molecule has 158 valence electrons. The van der Waals surface area contributed by atoms with E-state index >= 15 is 0 Å². The van der Waals surface area contributed by atoms with Gasteiger partial charge in [0.05, 0.1) is 10.5 Å². The molecular formula is C23H21N3O5. The topological polar surface area (TPSA) is 117 Å². The number of nitro groups is 1. The summed E-state index contributed by atoms with van der Waals surface area (Å²) < 4.78 is 5.75. The first-order chi connectivity index (χ1) is 14.9. The Balaban J connectivity index is 2.00. The van der Waals surface area contributed by atoms with Gasteiger partial charge in [-0.2, -0.15) is 5.26 Å². The minimum Gasteiger partial charge on any atom is -0.456 e. The Bertz CT molecular complexity index is 1150. The minimum absolute atomic E-state index is 0.0761. The molecule has 8 nitrogen and oxygen atoms in total. The number of carbonyl (C=O) groups excluding carboxylic acids is 2. The summed E-state index contributed by atoms with van der Waals surface area (Å²) in [4.78, 5) is 37.4. The van der Waals surface area contributed by atoms with E-state index in [2.05, 4.69) is 0 Å². The van der Waals surface area contributed by atoms with Crippen molar-refractivity contribution in [3.05, 3.63) is 69.0 Å². The van der Waals surface area contributed by atoms with Crippen LogP contribution < -0.4 is 0 Å². The van der Waals surface area contributed by atoms with E-state index < -0.39 is 16.7 Å². The first-order valence-electron chi connectivity index (χ1n) is 9.91. The highest BCUT2D eigenvalue weighted by Crippen LogP contribution is 2.33. The molecule has 0 saturated heterocycles. The summed E-state index contributed by atoms with van der Waals surface area (Å²) in [5.74, 6) is -0.504. The van der Waals surface area contributed by atoms with Crippen LogP contribution in [0, 0.1) is 21.4 Å². The quantitative estimate of drug-likeness (QED) is 0.212. The zero-order chi connectivity index (χ0) is 22.5. The van der Waals surface area contributed by atoms with Crippen molar-refractivity contribution in [2.45, 2.75) is 33.1 Å². The molecule has 0 fully saturated rings. The molecule has 31 heavy (non-hydrogen) atoms. The number of benzene rings is 1. The Morgan fingerprint density at radius 1 is 1.16 bits per heavy atom. The lowest BCUT2D eigenvalue weighted by atomic mass is 9.94. The number of hydrogen-bond acceptors (Lipinski definition) is 6. The first kappa shape index (κ1) is 21.7. The van der Waals surface area contributed by atoms with Crippen LogP contribution in [-0.4, -0.2) is 28.2 Å². The number of unbranched alkanes of at least 4 members (excludes halogenated alkanes) is 2. The second-order valence-electron chi connectivity index (χ2n) is 7.12. The summed E-state index contributed by atoms with van der Waals surface area (Å²) in [6, 6.07) is 11.3. The number of carbonyl (C=O) groups is 2. The molecule has 1 aromatic carbocycles. The van der Waals surface area contributed by atoms with Gasteiger partial charge in [-0.15, -0.1) is 0 Å². The number of furan rings is 1. The SMILES string of the molecule is CCCCCN1C(=O)C(C#N)=C(C)/C(=C\c2ccc(-c3ccccc3[N+](=O)[O-])o2)C1=O. The number of para-hydroxylation sites is 1. The lowest BCUT2D eigenvalue weighted by molar-refractivity contribution is -0.384. The molecule has 1 aromatic heterocycles. The van der Waals surface area contributed by atoms with Gasteiger partial charge in [-0.05, 0) is 43.2 Å². The third-order valence-electron chi connectivity index (χ3n) is 5.09. The van der Waals surface area contributed by atoms with Crippen LogP contribution in [0.1, 0.15) is 38.9 Å². The van der Waals surface area contributed by atoms with Crippen LogP contribution in [-0.2, 0) is 9.59 Å². The third-order valence-corrected chi connectivity index (χ3v) is 5.09. The largest absolute Gasteiger partial charge is 0.456 e.